The van der Waals surface area contributed by atoms with Crippen LogP contribution >= 0.6 is 11.3 Å². The number of amides is 1. The van der Waals surface area contributed by atoms with Crippen LogP contribution in [-0.2, 0) is 9.59 Å². The molecule has 4 nitrogen and oxygen atoms in total. The van der Waals surface area contributed by atoms with Gasteiger partial charge in [0.15, 0.2) is 0 Å². The number of aliphatic carboxylic acids is 1. The Hall–Kier alpha value is -1.36. The number of hydrogen-bond acceptors (Lipinski definition) is 3. The molecule has 92 valence electrons. The Balaban J connectivity index is 1.99. The Labute approximate surface area is 104 Å². The number of carboxylic acids is 1. The fourth-order valence-electron chi connectivity index (χ4n) is 2.20. The van der Waals surface area contributed by atoms with Crippen LogP contribution in [0, 0.1) is 0 Å². The van der Waals surface area contributed by atoms with Crippen molar-refractivity contribution in [3.8, 4) is 0 Å². The molecule has 1 saturated heterocycles. The Morgan fingerprint density at radius 3 is 2.94 bits per heavy atom. The molecule has 2 heterocycles. The van der Waals surface area contributed by atoms with E-state index < -0.39 is 5.97 Å². The summed E-state index contributed by atoms with van der Waals surface area (Å²) in [6, 6.07) is 4.19. The first-order valence-electron chi connectivity index (χ1n) is 5.73. The number of likely N-dealkylation sites (tertiary alicyclic amines) is 1. The summed E-state index contributed by atoms with van der Waals surface area (Å²) in [4.78, 5) is 25.4. The number of hydrogen-bond donors (Lipinski definition) is 1. The van der Waals surface area contributed by atoms with Gasteiger partial charge < -0.3 is 10.0 Å². The maximum atomic E-state index is 11.9. The summed E-state index contributed by atoms with van der Waals surface area (Å²) < 4.78 is 0. The molecule has 1 N–H and O–H groups in total. The van der Waals surface area contributed by atoms with Crippen LogP contribution in [0.1, 0.15) is 36.6 Å². The van der Waals surface area contributed by atoms with Gasteiger partial charge in [-0.2, -0.15) is 0 Å². The maximum absolute atomic E-state index is 11.9. The van der Waals surface area contributed by atoms with Crippen LogP contribution < -0.4 is 0 Å². The molecule has 0 aliphatic carbocycles. The summed E-state index contributed by atoms with van der Waals surface area (Å²) in [7, 11) is 0. The lowest BCUT2D eigenvalue weighted by Crippen LogP contribution is -2.30. The Kier molecular flexibility index (Phi) is 3.78. The predicted octanol–water partition coefficient (Wildman–Crippen LogP) is 2.28. The summed E-state index contributed by atoms with van der Waals surface area (Å²) in [6.07, 6.45) is 2.02. The molecular weight excluding hydrogens is 238 g/mol. The van der Waals surface area contributed by atoms with Crippen molar-refractivity contribution in [1.82, 2.24) is 4.90 Å². The summed E-state index contributed by atoms with van der Waals surface area (Å²) in [5.41, 5.74) is 0. The third-order valence-corrected chi connectivity index (χ3v) is 3.97. The van der Waals surface area contributed by atoms with Gasteiger partial charge >= 0.3 is 5.97 Å². The lowest BCUT2D eigenvalue weighted by molar-refractivity contribution is -0.141. The molecule has 1 aromatic rings. The quantitative estimate of drug-likeness (QED) is 0.895. The molecular formula is C12H15NO3S. The second-order valence-corrected chi connectivity index (χ2v) is 5.13. The van der Waals surface area contributed by atoms with Gasteiger partial charge in [0.25, 0.3) is 0 Å². The molecule has 0 aromatic carbocycles. The Morgan fingerprint density at radius 1 is 1.47 bits per heavy atom. The first-order chi connectivity index (χ1) is 8.18. The van der Waals surface area contributed by atoms with E-state index in [4.69, 9.17) is 5.11 Å². The third-order valence-electron chi connectivity index (χ3n) is 3.00. The highest BCUT2D eigenvalue weighted by Gasteiger charge is 2.30. The molecule has 0 saturated carbocycles. The SMILES string of the molecule is O=C(O)CCC(=O)N1CCCC1c1cccs1. The fraction of sp³-hybridized carbons (Fsp3) is 0.500. The van der Waals surface area contributed by atoms with E-state index in [1.54, 1.807) is 11.3 Å². The van der Waals surface area contributed by atoms with Crippen LogP contribution in [-0.4, -0.2) is 28.4 Å². The molecule has 17 heavy (non-hydrogen) atoms. The van der Waals surface area contributed by atoms with Crippen molar-refractivity contribution in [2.45, 2.75) is 31.7 Å². The number of carboxylic acid groups (broad SMARTS) is 1. The van der Waals surface area contributed by atoms with Crippen LogP contribution in [0.25, 0.3) is 0 Å². The van der Waals surface area contributed by atoms with Crippen molar-refractivity contribution in [2.75, 3.05) is 6.54 Å². The van der Waals surface area contributed by atoms with Gasteiger partial charge in [-0.3, -0.25) is 9.59 Å². The first kappa shape index (κ1) is 12.1. The summed E-state index contributed by atoms with van der Waals surface area (Å²) in [5.74, 6) is -0.950. The molecule has 1 unspecified atom stereocenters. The average molecular weight is 253 g/mol. The van der Waals surface area contributed by atoms with E-state index in [0.717, 1.165) is 19.4 Å². The molecule has 0 bridgehead atoms. The van der Waals surface area contributed by atoms with Gasteiger partial charge in [-0.15, -0.1) is 11.3 Å². The lowest BCUT2D eigenvalue weighted by atomic mass is 10.1. The van der Waals surface area contributed by atoms with Gasteiger partial charge in [0.05, 0.1) is 12.5 Å². The molecule has 0 radical (unpaired) electrons. The van der Waals surface area contributed by atoms with Gasteiger partial charge in [-0.25, -0.2) is 0 Å². The molecule has 1 aromatic heterocycles. The van der Waals surface area contributed by atoms with Crippen LogP contribution in [0.15, 0.2) is 17.5 Å². The zero-order valence-corrected chi connectivity index (χ0v) is 10.3. The van der Waals surface area contributed by atoms with E-state index in [-0.39, 0.29) is 24.8 Å². The van der Waals surface area contributed by atoms with Crippen LogP contribution in [0.3, 0.4) is 0 Å². The molecule has 5 heteroatoms. The van der Waals surface area contributed by atoms with E-state index >= 15 is 0 Å². The molecule has 1 aliphatic rings. The predicted molar refractivity (Wildman–Crippen MR) is 64.9 cm³/mol. The highest BCUT2D eigenvalue weighted by atomic mass is 32.1. The highest BCUT2D eigenvalue weighted by Crippen LogP contribution is 2.34. The van der Waals surface area contributed by atoms with Crippen molar-refractivity contribution in [3.63, 3.8) is 0 Å². The number of carbonyl (C=O) groups is 2. The number of rotatable bonds is 4. The topological polar surface area (TPSA) is 57.6 Å². The van der Waals surface area contributed by atoms with E-state index in [2.05, 4.69) is 0 Å². The largest absolute Gasteiger partial charge is 0.481 e. The van der Waals surface area contributed by atoms with Crippen LogP contribution in [0.2, 0.25) is 0 Å². The standard InChI is InChI=1S/C12H15NO3S/c14-11(5-6-12(15)16)13-7-1-3-9(13)10-4-2-8-17-10/h2,4,8-9H,1,3,5-7H2,(H,15,16). The zero-order chi connectivity index (χ0) is 12.3. The fourth-order valence-corrected chi connectivity index (χ4v) is 3.07. The number of carbonyl (C=O) groups excluding carboxylic acids is 1. The minimum absolute atomic E-state index is 0.0386. The van der Waals surface area contributed by atoms with E-state index in [1.165, 1.54) is 4.88 Å². The van der Waals surface area contributed by atoms with Crippen molar-refractivity contribution >= 4 is 23.2 Å². The van der Waals surface area contributed by atoms with Gasteiger partial charge in [-0.1, -0.05) is 6.07 Å². The van der Waals surface area contributed by atoms with Gasteiger partial charge in [0.1, 0.15) is 0 Å². The van der Waals surface area contributed by atoms with Gasteiger partial charge in [0.2, 0.25) is 5.91 Å². The molecule has 2 rings (SSSR count). The smallest absolute Gasteiger partial charge is 0.303 e. The monoisotopic (exact) mass is 253 g/mol. The van der Waals surface area contributed by atoms with Crippen LogP contribution in [0.5, 0.6) is 0 Å². The second kappa shape index (κ2) is 5.31. The average Bonchev–Trinajstić information content (AvgIpc) is 2.94. The summed E-state index contributed by atoms with van der Waals surface area (Å²) >= 11 is 1.66. The van der Waals surface area contributed by atoms with Crippen molar-refractivity contribution in [1.29, 1.82) is 0 Å². The Bertz CT molecular complexity index is 402. The molecule has 1 atom stereocenters. The molecule has 1 aliphatic heterocycles. The molecule has 1 amide bonds. The minimum atomic E-state index is -0.912. The zero-order valence-electron chi connectivity index (χ0n) is 9.46. The maximum Gasteiger partial charge on any atom is 0.303 e. The van der Waals surface area contributed by atoms with E-state index in [0.29, 0.717) is 0 Å². The normalized spacial score (nSPS) is 19.5. The van der Waals surface area contributed by atoms with E-state index in [9.17, 15) is 9.59 Å². The van der Waals surface area contributed by atoms with Crippen molar-refractivity contribution < 1.29 is 14.7 Å². The van der Waals surface area contributed by atoms with Crippen LogP contribution in [0.4, 0.5) is 0 Å². The van der Waals surface area contributed by atoms with Gasteiger partial charge in [0, 0.05) is 17.8 Å². The highest BCUT2D eigenvalue weighted by molar-refractivity contribution is 7.10. The minimum Gasteiger partial charge on any atom is -0.481 e. The lowest BCUT2D eigenvalue weighted by Gasteiger charge is -2.23. The second-order valence-electron chi connectivity index (χ2n) is 4.15. The number of nitrogens with zero attached hydrogens (tertiary/aromatic N) is 1. The summed E-state index contributed by atoms with van der Waals surface area (Å²) in [6.45, 7) is 0.751. The Morgan fingerprint density at radius 2 is 2.29 bits per heavy atom. The first-order valence-corrected chi connectivity index (χ1v) is 6.61. The van der Waals surface area contributed by atoms with E-state index in [1.807, 2.05) is 22.4 Å². The summed E-state index contributed by atoms with van der Waals surface area (Å²) in [5, 5.41) is 10.6. The molecule has 0 spiro atoms. The third kappa shape index (κ3) is 2.85. The van der Waals surface area contributed by atoms with Gasteiger partial charge in [-0.05, 0) is 24.3 Å². The van der Waals surface area contributed by atoms with Crippen molar-refractivity contribution in [2.24, 2.45) is 0 Å². The number of thiophene rings is 1. The molecule has 1 fully saturated rings. The van der Waals surface area contributed by atoms with Crippen molar-refractivity contribution in [3.05, 3.63) is 22.4 Å².